The lowest BCUT2D eigenvalue weighted by atomic mass is 9.74. The Morgan fingerprint density at radius 2 is 1.57 bits per heavy atom. The minimum atomic E-state index is -0.946. The van der Waals surface area contributed by atoms with Crippen LogP contribution in [0.1, 0.15) is 22.0 Å². The average Bonchev–Trinajstić information content (AvgIpc) is 2.56. The summed E-state index contributed by atoms with van der Waals surface area (Å²) in [4.78, 5) is 12.9. The molecule has 108 valence electrons. The van der Waals surface area contributed by atoms with Crippen LogP contribution < -0.4 is 4.74 Å². The van der Waals surface area contributed by atoms with Gasteiger partial charge in [-0.05, 0) is 17.7 Å². The first kappa shape index (κ1) is 14.4. The Bertz CT molecular complexity index is 651. The van der Waals surface area contributed by atoms with Crippen molar-refractivity contribution in [3.8, 4) is 5.75 Å². The third-order valence-corrected chi connectivity index (χ3v) is 4.86. The van der Waals surface area contributed by atoms with Gasteiger partial charge in [0.2, 0.25) is 0 Å². The highest BCUT2D eigenvalue weighted by molar-refractivity contribution is 6.26. The summed E-state index contributed by atoms with van der Waals surface area (Å²) < 4.78 is 6.10. The lowest BCUT2D eigenvalue weighted by Gasteiger charge is -2.41. The second-order valence-corrected chi connectivity index (χ2v) is 5.69. The van der Waals surface area contributed by atoms with E-state index >= 15 is 0 Å². The summed E-state index contributed by atoms with van der Waals surface area (Å²) in [6, 6.07) is 16.8. The molecule has 2 aromatic rings. The second kappa shape index (κ2) is 5.70. The highest BCUT2D eigenvalue weighted by Gasteiger charge is 2.51. The van der Waals surface area contributed by atoms with Crippen molar-refractivity contribution in [1.82, 2.24) is 0 Å². The number of para-hydroxylation sites is 1. The maximum Gasteiger partial charge on any atom is 0.179 e. The van der Waals surface area contributed by atoms with Crippen molar-refractivity contribution in [3.63, 3.8) is 0 Å². The first-order chi connectivity index (χ1) is 10.2. The number of hydrogen-bond donors (Lipinski definition) is 0. The van der Waals surface area contributed by atoms with Crippen LogP contribution in [0.2, 0.25) is 0 Å². The van der Waals surface area contributed by atoms with E-state index in [0.717, 1.165) is 5.56 Å². The Morgan fingerprint density at radius 3 is 2.24 bits per heavy atom. The molecule has 0 bridgehead atoms. The molecule has 2 nitrogen and oxygen atoms in total. The van der Waals surface area contributed by atoms with E-state index in [9.17, 15) is 4.79 Å². The number of Topliss-reactive ketones (excluding diaryl/α,β-unsaturated/α-hetero) is 1. The van der Waals surface area contributed by atoms with E-state index in [1.165, 1.54) is 0 Å². The number of hydrogen-bond acceptors (Lipinski definition) is 2. The normalized spacial score (nSPS) is 19.7. The standard InChI is InChI=1S/C17H14Cl2O2/c18-10-17(11-19)15(20)13-8-4-5-9-14(13)21-16(17)12-6-2-1-3-7-12/h1-9,16H,10-11H2. The van der Waals surface area contributed by atoms with Crippen molar-refractivity contribution >= 4 is 29.0 Å². The molecule has 1 aliphatic heterocycles. The molecule has 1 unspecified atom stereocenters. The van der Waals surface area contributed by atoms with Crippen LogP contribution in [0.25, 0.3) is 0 Å². The summed E-state index contributed by atoms with van der Waals surface area (Å²) in [7, 11) is 0. The molecule has 1 atom stereocenters. The van der Waals surface area contributed by atoms with Gasteiger partial charge in [0.05, 0.1) is 5.56 Å². The molecule has 0 saturated heterocycles. The minimum Gasteiger partial charge on any atom is -0.484 e. The molecule has 0 aliphatic carbocycles. The second-order valence-electron chi connectivity index (χ2n) is 5.16. The number of carbonyl (C=O) groups is 1. The van der Waals surface area contributed by atoms with Crippen LogP contribution in [0.15, 0.2) is 54.6 Å². The lowest BCUT2D eigenvalue weighted by molar-refractivity contribution is 0.0417. The molecule has 1 heterocycles. The summed E-state index contributed by atoms with van der Waals surface area (Å²) in [5, 5.41) is 0. The first-order valence-electron chi connectivity index (χ1n) is 6.70. The SMILES string of the molecule is O=C1c2ccccc2OC(c2ccccc2)C1(CCl)CCl. The summed E-state index contributed by atoms with van der Waals surface area (Å²) in [5.74, 6) is 0.761. The maximum absolute atomic E-state index is 12.9. The smallest absolute Gasteiger partial charge is 0.179 e. The average molecular weight is 321 g/mol. The number of carbonyl (C=O) groups excluding carboxylic acids is 1. The van der Waals surface area contributed by atoms with Gasteiger partial charge in [-0.25, -0.2) is 0 Å². The van der Waals surface area contributed by atoms with E-state index in [0.29, 0.717) is 11.3 Å². The van der Waals surface area contributed by atoms with Crippen molar-refractivity contribution in [2.24, 2.45) is 5.41 Å². The molecule has 1 aliphatic rings. The first-order valence-corrected chi connectivity index (χ1v) is 7.77. The van der Waals surface area contributed by atoms with Crippen LogP contribution in [0.4, 0.5) is 0 Å². The van der Waals surface area contributed by atoms with Crippen molar-refractivity contribution < 1.29 is 9.53 Å². The van der Waals surface area contributed by atoms with Crippen LogP contribution in [-0.4, -0.2) is 17.5 Å². The predicted molar refractivity (Wildman–Crippen MR) is 84.5 cm³/mol. The van der Waals surface area contributed by atoms with Gasteiger partial charge in [0, 0.05) is 11.8 Å². The zero-order valence-electron chi connectivity index (χ0n) is 11.3. The van der Waals surface area contributed by atoms with Gasteiger partial charge in [-0.2, -0.15) is 0 Å². The Morgan fingerprint density at radius 1 is 0.952 bits per heavy atom. The third kappa shape index (κ3) is 2.23. The molecular formula is C17H14Cl2O2. The largest absolute Gasteiger partial charge is 0.484 e. The highest BCUT2D eigenvalue weighted by Crippen LogP contribution is 2.47. The Hall–Kier alpha value is -1.51. The number of ether oxygens (including phenoxy) is 1. The number of fused-ring (bicyclic) bond motifs is 1. The summed E-state index contributed by atoms with van der Waals surface area (Å²) in [6.45, 7) is 0. The van der Waals surface area contributed by atoms with Crippen LogP contribution in [-0.2, 0) is 0 Å². The van der Waals surface area contributed by atoms with Gasteiger partial charge < -0.3 is 4.74 Å². The topological polar surface area (TPSA) is 26.3 Å². The van der Waals surface area contributed by atoms with E-state index in [-0.39, 0.29) is 17.5 Å². The van der Waals surface area contributed by atoms with E-state index in [1.54, 1.807) is 12.1 Å². The van der Waals surface area contributed by atoms with Gasteiger partial charge in [0.25, 0.3) is 0 Å². The van der Waals surface area contributed by atoms with Crippen LogP contribution >= 0.6 is 23.2 Å². The number of benzene rings is 2. The molecule has 0 saturated carbocycles. The zero-order chi connectivity index (χ0) is 14.9. The summed E-state index contributed by atoms with van der Waals surface area (Å²) >= 11 is 12.3. The van der Waals surface area contributed by atoms with Crippen LogP contribution in [0, 0.1) is 5.41 Å². The lowest BCUT2D eigenvalue weighted by Crippen LogP contribution is -2.46. The summed E-state index contributed by atoms with van der Waals surface area (Å²) in [6.07, 6.45) is -0.476. The van der Waals surface area contributed by atoms with Gasteiger partial charge in [-0.3, -0.25) is 4.79 Å². The molecule has 2 aromatic carbocycles. The highest BCUT2D eigenvalue weighted by atomic mass is 35.5. The Kier molecular flexibility index (Phi) is 3.92. The third-order valence-electron chi connectivity index (χ3n) is 3.91. The molecule has 3 rings (SSSR count). The molecule has 0 amide bonds. The number of ketones is 1. The maximum atomic E-state index is 12.9. The van der Waals surface area contributed by atoms with Crippen molar-refractivity contribution in [3.05, 3.63) is 65.7 Å². The van der Waals surface area contributed by atoms with Crippen LogP contribution in [0.5, 0.6) is 5.75 Å². The Balaban J connectivity index is 2.17. The molecule has 21 heavy (non-hydrogen) atoms. The molecular weight excluding hydrogens is 307 g/mol. The molecule has 0 spiro atoms. The zero-order valence-corrected chi connectivity index (χ0v) is 12.8. The number of alkyl halides is 2. The fourth-order valence-electron chi connectivity index (χ4n) is 2.70. The van der Waals surface area contributed by atoms with E-state index in [1.807, 2.05) is 42.5 Å². The number of halogens is 2. The van der Waals surface area contributed by atoms with Crippen molar-refractivity contribution in [2.45, 2.75) is 6.10 Å². The Labute approximate surface area is 133 Å². The van der Waals surface area contributed by atoms with E-state index in [2.05, 4.69) is 0 Å². The van der Waals surface area contributed by atoms with Crippen LogP contribution in [0.3, 0.4) is 0 Å². The quantitative estimate of drug-likeness (QED) is 0.780. The van der Waals surface area contributed by atoms with Gasteiger partial charge in [-0.15, -0.1) is 23.2 Å². The minimum absolute atomic E-state index is 0.0526. The predicted octanol–water partition coefficient (Wildman–Crippen LogP) is 4.47. The number of rotatable bonds is 3. The van der Waals surface area contributed by atoms with Gasteiger partial charge in [0.1, 0.15) is 17.3 Å². The van der Waals surface area contributed by atoms with Crippen molar-refractivity contribution in [2.75, 3.05) is 11.8 Å². The molecule has 4 heteroatoms. The fraction of sp³-hybridized carbons (Fsp3) is 0.235. The van der Waals surface area contributed by atoms with Gasteiger partial charge in [0.15, 0.2) is 5.78 Å². The molecule has 0 fully saturated rings. The fourth-order valence-corrected chi connectivity index (χ4v) is 3.50. The van der Waals surface area contributed by atoms with Gasteiger partial charge >= 0.3 is 0 Å². The van der Waals surface area contributed by atoms with E-state index < -0.39 is 11.5 Å². The molecule has 0 N–H and O–H groups in total. The van der Waals surface area contributed by atoms with Crippen molar-refractivity contribution in [1.29, 1.82) is 0 Å². The summed E-state index contributed by atoms with van der Waals surface area (Å²) in [5.41, 5.74) is 0.506. The van der Waals surface area contributed by atoms with Gasteiger partial charge in [-0.1, -0.05) is 42.5 Å². The molecule has 0 aromatic heterocycles. The monoisotopic (exact) mass is 320 g/mol. The molecule has 0 radical (unpaired) electrons. The van der Waals surface area contributed by atoms with E-state index in [4.69, 9.17) is 27.9 Å².